The van der Waals surface area contributed by atoms with Gasteiger partial charge in [-0.05, 0) is 99.2 Å². The van der Waals surface area contributed by atoms with E-state index in [2.05, 4.69) is 6.58 Å². The molecule has 0 spiro atoms. The average molecular weight is 487 g/mol. The monoisotopic (exact) mass is 486 g/mol. The highest BCUT2D eigenvalue weighted by molar-refractivity contribution is 5.52. The van der Waals surface area contributed by atoms with Crippen molar-refractivity contribution in [3.05, 3.63) is 83.0 Å². The number of allylic oxidation sites excluding steroid dienone is 2. The molecule has 2 aliphatic carbocycles. The minimum atomic E-state index is -0.930. The molecule has 2 aliphatic rings. The maximum Gasteiger partial charge on any atom is 0.200 e. The zero-order valence-electron chi connectivity index (χ0n) is 20.3. The first kappa shape index (κ1) is 25.5. The second-order valence-electron chi connectivity index (χ2n) is 9.90. The van der Waals surface area contributed by atoms with Gasteiger partial charge in [0.15, 0.2) is 23.2 Å². The highest BCUT2D eigenvalue weighted by atomic mass is 19.2. The topological polar surface area (TPSA) is 9.23 Å². The molecule has 35 heavy (non-hydrogen) atoms. The quantitative estimate of drug-likeness (QED) is 0.280. The van der Waals surface area contributed by atoms with Crippen LogP contribution in [0.2, 0.25) is 0 Å². The van der Waals surface area contributed by atoms with E-state index in [4.69, 9.17) is 4.74 Å². The van der Waals surface area contributed by atoms with E-state index in [0.29, 0.717) is 29.9 Å². The minimum absolute atomic E-state index is 0.0573. The van der Waals surface area contributed by atoms with Crippen molar-refractivity contribution in [1.82, 2.24) is 0 Å². The lowest BCUT2D eigenvalue weighted by atomic mass is 9.78. The summed E-state index contributed by atoms with van der Waals surface area (Å²) in [5, 5.41) is 0. The molecule has 2 saturated carbocycles. The fourth-order valence-electron chi connectivity index (χ4n) is 5.68. The van der Waals surface area contributed by atoms with E-state index < -0.39 is 23.3 Å². The lowest BCUT2D eigenvalue weighted by Crippen LogP contribution is -2.14. The van der Waals surface area contributed by atoms with Gasteiger partial charge in [-0.1, -0.05) is 36.4 Å². The van der Waals surface area contributed by atoms with Crippen LogP contribution in [0, 0.1) is 35.1 Å². The average Bonchev–Trinajstić information content (AvgIpc) is 2.88. The van der Waals surface area contributed by atoms with E-state index in [1.165, 1.54) is 6.07 Å². The van der Waals surface area contributed by atoms with Crippen LogP contribution in [0.15, 0.2) is 43.0 Å². The van der Waals surface area contributed by atoms with E-state index in [1.54, 1.807) is 31.2 Å². The van der Waals surface area contributed by atoms with Gasteiger partial charge in [-0.25, -0.2) is 13.2 Å². The Morgan fingerprint density at radius 2 is 1.29 bits per heavy atom. The molecule has 0 radical (unpaired) electrons. The van der Waals surface area contributed by atoms with Crippen molar-refractivity contribution in [3.63, 3.8) is 0 Å². The van der Waals surface area contributed by atoms with Crippen LogP contribution < -0.4 is 4.74 Å². The molecule has 5 heteroatoms. The molecule has 0 aliphatic heterocycles. The lowest BCUT2D eigenvalue weighted by molar-refractivity contribution is 0.310. The van der Waals surface area contributed by atoms with Crippen LogP contribution in [0.5, 0.6) is 5.75 Å². The first-order chi connectivity index (χ1) is 16.9. The van der Waals surface area contributed by atoms with Crippen LogP contribution in [0.4, 0.5) is 17.6 Å². The van der Waals surface area contributed by atoms with E-state index in [9.17, 15) is 17.6 Å². The van der Waals surface area contributed by atoms with Crippen molar-refractivity contribution in [2.75, 3.05) is 6.61 Å². The molecule has 0 N–H and O–H groups in total. The Morgan fingerprint density at radius 3 is 1.86 bits per heavy atom. The summed E-state index contributed by atoms with van der Waals surface area (Å²) in [6, 6.07) is 6.52. The number of hydrogen-bond acceptors (Lipinski definition) is 1. The second kappa shape index (κ2) is 11.5. The smallest absolute Gasteiger partial charge is 0.200 e. The summed E-state index contributed by atoms with van der Waals surface area (Å²) in [6.45, 7) is 5.84. The number of benzene rings is 2. The Kier molecular flexibility index (Phi) is 8.35. The summed E-state index contributed by atoms with van der Waals surface area (Å²) < 4.78 is 63.7. The maximum absolute atomic E-state index is 14.9. The standard InChI is InChI=1S/C30H34F4O/c1-3-19-5-10-21(11-6-19)24-16-15-23(27(31)28(24)32)14-9-20-7-12-22(13-8-20)25-17-18-26(35-4-2)30(34)29(25)33/h3,9,14-22H,1,4-8,10-13H2,2H3/b14-9+. The fourth-order valence-corrected chi connectivity index (χ4v) is 5.68. The van der Waals surface area contributed by atoms with Crippen LogP contribution in [0.3, 0.4) is 0 Å². The number of ether oxygens (including phenoxy) is 1. The van der Waals surface area contributed by atoms with Gasteiger partial charge < -0.3 is 4.74 Å². The van der Waals surface area contributed by atoms with Crippen LogP contribution in [-0.2, 0) is 0 Å². The lowest BCUT2D eigenvalue weighted by Gasteiger charge is -2.28. The van der Waals surface area contributed by atoms with Gasteiger partial charge in [-0.15, -0.1) is 6.58 Å². The summed E-state index contributed by atoms with van der Waals surface area (Å²) in [4.78, 5) is 0. The SMILES string of the molecule is C=CC1CCC(c2ccc(/C=C/C3CCC(c4ccc(OCC)c(F)c4F)CC3)c(F)c2F)CC1. The highest BCUT2D eigenvalue weighted by Crippen LogP contribution is 2.40. The number of rotatable bonds is 7. The second-order valence-corrected chi connectivity index (χ2v) is 9.90. The molecule has 0 atom stereocenters. The van der Waals surface area contributed by atoms with Crippen LogP contribution in [0.25, 0.3) is 6.08 Å². The molecular formula is C30H34F4O. The van der Waals surface area contributed by atoms with Crippen LogP contribution in [-0.4, -0.2) is 6.61 Å². The van der Waals surface area contributed by atoms with Gasteiger partial charge in [-0.3, -0.25) is 0 Å². The predicted molar refractivity (Wildman–Crippen MR) is 133 cm³/mol. The van der Waals surface area contributed by atoms with Crippen molar-refractivity contribution in [1.29, 1.82) is 0 Å². The molecule has 0 bridgehead atoms. The molecule has 2 fully saturated rings. The van der Waals surface area contributed by atoms with Gasteiger partial charge >= 0.3 is 0 Å². The first-order valence-corrected chi connectivity index (χ1v) is 12.8. The van der Waals surface area contributed by atoms with Crippen LogP contribution >= 0.6 is 0 Å². The van der Waals surface area contributed by atoms with Gasteiger partial charge in [0.25, 0.3) is 0 Å². The zero-order chi connectivity index (χ0) is 24.9. The summed E-state index contributed by atoms with van der Waals surface area (Å²) >= 11 is 0. The Hall–Kier alpha value is -2.56. The Bertz CT molecular complexity index is 1060. The first-order valence-electron chi connectivity index (χ1n) is 12.8. The highest BCUT2D eigenvalue weighted by Gasteiger charge is 2.27. The Balaban J connectivity index is 1.37. The Morgan fingerprint density at radius 1 is 0.743 bits per heavy atom. The van der Waals surface area contributed by atoms with Gasteiger partial charge in [-0.2, -0.15) is 4.39 Å². The molecule has 2 aromatic carbocycles. The van der Waals surface area contributed by atoms with Crippen molar-refractivity contribution in [3.8, 4) is 5.75 Å². The zero-order valence-corrected chi connectivity index (χ0v) is 20.3. The van der Waals surface area contributed by atoms with E-state index in [1.807, 2.05) is 12.2 Å². The van der Waals surface area contributed by atoms with Gasteiger partial charge in [0.05, 0.1) is 6.61 Å². The van der Waals surface area contributed by atoms with Gasteiger partial charge in [0.2, 0.25) is 5.82 Å². The van der Waals surface area contributed by atoms with Gasteiger partial charge in [0, 0.05) is 5.56 Å². The molecule has 4 rings (SSSR count). The molecule has 1 nitrogen and oxygen atoms in total. The van der Waals surface area contributed by atoms with Crippen molar-refractivity contribution in [2.24, 2.45) is 11.8 Å². The summed E-state index contributed by atoms with van der Waals surface area (Å²) in [5.74, 6) is -2.67. The van der Waals surface area contributed by atoms with Crippen molar-refractivity contribution < 1.29 is 22.3 Å². The predicted octanol–water partition coefficient (Wildman–Crippen LogP) is 9.09. The third-order valence-corrected chi connectivity index (χ3v) is 7.82. The molecular weight excluding hydrogens is 452 g/mol. The molecule has 0 heterocycles. The van der Waals surface area contributed by atoms with E-state index in [-0.39, 0.29) is 35.7 Å². The third-order valence-electron chi connectivity index (χ3n) is 7.82. The summed E-state index contributed by atoms with van der Waals surface area (Å²) in [6.07, 6.45) is 12.2. The minimum Gasteiger partial charge on any atom is -0.491 e. The molecule has 0 unspecified atom stereocenters. The molecule has 0 aromatic heterocycles. The Labute approximate surface area is 205 Å². The van der Waals surface area contributed by atoms with Crippen molar-refractivity contribution >= 4 is 6.08 Å². The third kappa shape index (κ3) is 5.65. The van der Waals surface area contributed by atoms with Crippen molar-refractivity contribution in [2.45, 2.75) is 70.1 Å². The fraction of sp³-hybridized carbons (Fsp3) is 0.467. The molecule has 0 saturated heterocycles. The van der Waals surface area contributed by atoms with Crippen LogP contribution in [0.1, 0.15) is 86.8 Å². The number of halogens is 4. The normalized spacial score (nSPS) is 25.1. The molecule has 2 aromatic rings. The van der Waals surface area contributed by atoms with E-state index >= 15 is 0 Å². The molecule has 0 amide bonds. The summed E-state index contributed by atoms with van der Waals surface area (Å²) in [7, 11) is 0. The molecule has 188 valence electrons. The van der Waals surface area contributed by atoms with Gasteiger partial charge in [0.1, 0.15) is 0 Å². The maximum atomic E-state index is 14.9. The number of hydrogen-bond donors (Lipinski definition) is 0. The van der Waals surface area contributed by atoms with E-state index in [0.717, 1.165) is 38.5 Å². The summed E-state index contributed by atoms with van der Waals surface area (Å²) in [5.41, 5.74) is 1.12. The largest absolute Gasteiger partial charge is 0.491 e.